The van der Waals surface area contributed by atoms with Crippen molar-refractivity contribution in [1.82, 2.24) is 19.8 Å². The molecular weight excluding hydrogens is 378 g/mol. The number of rotatable bonds is 5. The molecular formula is C19H23N5O3S. The Morgan fingerprint density at radius 1 is 1.21 bits per heavy atom. The van der Waals surface area contributed by atoms with Crippen molar-refractivity contribution < 1.29 is 4.79 Å². The van der Waals surface area contributed by atoms with Gasteiger partial charge in [-0.2, -0.15) is 10.2 Å². The number of thioether (sulfide) groups is 1. The maximum absolute atomic E-state index is 12.0. The van der Waals surface area contributed by atoms with Crippen LogP contribution in [0, 0.1) is 0 Å². The molecule has 2 aromatic rings. The molecule has 28 heavy (non-hydrogen) atoms. The van der Waals surface area contributed by atoms with Gasteiger partial charge in [0, 0.05) is 19.8 Å². The third-order valence-electron chi connectivity index (χ3n) is 4.80. The van der Waals surface area contributed by atoms with E-state index in [0.717, 1.165) is 52.4 Å². The first kappa shape index (κ1) is 20.1. The largest absolute Gasteiger partial charge is 0.346 e. The number of hydrogen-bond acceptors (Lipinski definition) is 6. The summed E-state index contributed by atoms with van der Waals surface area (Å²) in [5.41, 5.74) is 3.89. The van der Waals surface area contributed by atoms with Gasteiger partial charge >= 0.3 is 5.69 Å². The molecule has 1 fully saturated rings. The van der Waals surface area contributed by atoms with Crippen molar-refractivity contribution in [1.29, 1.82) is 0 Å². The first-order valence-corrected chi connectivity index (χ1v) is 10.1. The van der Waals surface area contributed by atoms with E-state index in [2.05, 4.69) is 39.9 Å². The maximum Gasteiger partial charge on any atom is 0.346 e. The standard InChI is InChI=1S/C19H23N5O3S/c1-23-18(26)17(22-24(2)19(23)27)28-12-16(25)21-20-15-10-8-14(9-11-15)13-6-4-3-5-7-13/h3-7,14H,8-12H2,1-2H3,(H,21,25). The average Bonchev–Trinajstić information content (AvgIpc) is 2.73. The highest BCUT2D eigenvalue weighted by molar-refractivity contribution is 7.99. The average molecular weight is 401 g/mol. The lowest BCUT2D eigenvalue weighted by Crippen LogP contribution is -2.39. The Hall–Kier alpha value is -2.68. The number of carbonyl (C=O) groups excluding carboxylic acids is 1. The molecule has 1 amide bonds. The predicted molar refractivity (Wildman–Crippen MR) is 109 cm³/mol. The number of hydrazone groups is 1. The molecule has 0 spiro atoms. The molecule has 1 N–H and O–H groups in total. The van der Waals surface area contributed by atoms with Crippen molar-refractivity contribution in [2.75, 3.05) is 5.75 Å². The second-order valence-corrected chi connectivity index (χ2v) is 7.73. The first-order valence-electron chi connectivity index (χ1n) is 9.12. The van der Waals surface area contributed by atoms with Gasteiger partial charge in [0.1, 0.15) is 0 Å². The number of amides is 1. The van der Waals surface area contributed by atoms with Crippen molar-refractivity contribution >= 4 is 23.4 Å². The smallest absolute Gasteiger partial charge is 0.272 e. The zero-order valence-electron chi connectivity index (χ0n) is 15.9. The molecule has 1 aromatic carbocycles. The van der Waals surface area contributed by atoms with E-state index in [-0.39, 0.29) is 16.7 Å². The van der Waals surface area contributed by atoms with Gasteiger partial charge in [-0.3, -0.25) is 14.2 Å². The first-order chi connectivity index (χ1) is 13.5. The van der Waals surface area contributed by atoms with Crippen molar-refractivity contribution in [3.63, 3.8) is 0 Å². The molecule has 148 valence electrons. The molecule has 8 nitrogen and oxygen atoms in total. The molecule has 1 aromatic heterocycles. The van der Waals surface area contributed by atoms with E-state index >= 15 is 0 Å². The van der Waals surface area contributed by atoms with Crippen LogP contribution >= 0.6 is 11.8 Å². The highest BCUT2D eigenvalue weighted by atomic mass is 32.2. The zero-order chi connectivity index (χ0) is 20.1. The van der Waals surface area contributed by atoms with Crippen LogP contribution in [0.1, 0.15) is 37.2 Å². The van der Waals surface area contributed by atoms with Gasteiger partial charge in [-0.1, -0.05) is 42.1 Å². The van der Waals surface area contributed by atoms with E-state index in [1.807, 2.05) is 6.07 Å². The minimum atomic E-state index is -0.508. The van der Waals surface area contributed by atoms with E-state index in [0.29, 0.717) is 5.92 Å². The molecule has 0 aliphatic heterocycles. The lowest BCUT2D eigenvalue weighted by Gasteiger charge is -2.23. The second kappa shape index (κ2) is 9.01. The topological polar surface area (TPSA) is 98.3 Å². The summed E-state index contributed by atoms with van der Waals surface area (Å²) < 4.78 is 2.05. The summed E-state index contributed by atoms with van der Waals surface area (Å²) in [5.74, 6) is 0.239. The Balaban J connectivity index is 1.50. The third-order valence-corrected chi connectivity index (χ3v) is 5.74. The fourth-order valence-electron chi connectivity index (χ4n) is 3.19. The van der Waals surface area contributed by atoms with E-state index in [4.69, 9.17) is 0 Å². The van der Waals surface area contributed by atoms with E-state index < -0.39 is 11.2 Å². The van der Waals surface area contributed by atoms with Gasteiger partial charge in [-0.15, -0.1) is 0 Å². The lowest BCUT2D eigenvalue weighted by molar-refractivity contribution is -0.118. The number of carbonyl (C=O) groups is 1. The van der Waals surface area contributed by atoms with Crippen LogP contribution in [0.4, 0.5) is 0 Å². The predicted octanol–water partition coefficient (Wildman–Crippen LogP) is 1.40. The van der Waals surface area contributed by atoms with Crippen molar-refractivity contribution in [2.45, 2.75) is 36.6 Å². The second-order valence-electron chi connectivity index (χ2n) is 6.76. The number of benzene rings is 1. The molecule has 0 atom stereocenters. The summed E-state index contributed by atoms with van der Waals surface area (Å²) >= 11 is 0.991. The van der Waals surface area contributed by atoms with Gasteiger partial charge in [0.15, 0.2) is 5.03 Å². The SMILES string of the molecule is Cn1nc(SCC(=O)NN=C2CCC(c3ccccc3)CC2)c(=O)n(C)c1=O. The number of nitrogens with one attached hydrogen (secondary N) is 1. The zero-order valence-corrected chi connectivity index (χ0v) is 16.7. The van der Waals surface area contributed by atoms with Crippen LogP contribution in [0.15, 0.2) is 50.0 Å². The van der Waals surface area contributed by atoms with Gasteiger partial charge in [0.05, 0.1) is 5.75 Å². The fraction of sp³-hybridized carbons (Fsp3) is 0.421. The van der Waals surface area contributed by atoms with Crippen LogP contribution in [0.5, 0.6) is 0 Å². The molecule has 1 aliphatic carbocycles. The van der Waals surface area contributed by atoms with Crippen LogP contribution in [0.2, 0.25) is 0 Å². The minimum absolute atomic E-state index is 0.00383. The number of aryl methyl sites for hydroxylation is 1. The van der Waals surface area contributed by atoms with Crippen LogP contribution in [0.3, 0.4) is 0 Å². The van der Waals surface area contributed by atoms with Gasteiger partial charge in [0.2, 0.25) is 5.91 Å². The minimum Gasteiger partial charge on any atom is -0.272 e. The number of hydrogen-bond donors (Lipinski definition) is 1. The van der Waals surface area contributed by atoms with E-state index in [1.165, 1.54) is 19.7 Å². The van der Waals surface area contributed by atoms with E-state index in [1.54, 1.807) is 0 Å². The van der Waals surface area contributed by atoms with Crippen molar-refractivity contribution in [3.05, 3.63) is 56.7 Å². The number of nitrogens with zero attached hydrogens (tertiary/aromatic N) is 4. The summed E-state index contributed by atoms with van der Waals surface area (Å²) in [7, 11) is 2.85. The van der Waals surface area contributed by atoms with Crippen molar-refractivity contribution in [2.24, 2.45) is 19.2 Å². The quantitative estimate of drug-likeness (QED) is 0.603. The van der Waals surface area contributed by atoms with Gasteiger partial charge in [-0.25, -0.2) is 14.9 Å². The molecule has 0 unspecified atom stereocenters. The molecule has 1 saturated carbocycles. The molecule has 3 rings (SSSR count). The van der Waals surface area contributed by atoms with Gasteiger partial charge < -0.3 is 0 Å². The Labute approximate surface area is 166 Å². The summed E-state index contributed by atoms with van der Waals surface area (Å²) in [4.78, 5) is 35.7. The maximum atomic E-state index is 12.0. The molecule has 0 bridgehead atoms. The molecule has 1 aliphatic rings. The lowest BCUT2D eigenvalue weighted by atomic mass is 9.83. The third kappa shape index (κ3) is 4.78. The van der Waals surface area contributed by atoms with Crippen LogP contribution in [-0.2, 0) is 18.9 Å². The molecule has 1 heterocycles. The summed E-state index contributed by atoms with van der Waals surface area (Å²) in [6, 6.07) is 10.5. The molecule has 9 heteroatoms. The highest BCUT2D eigenvalue weighted by Gasteiger charge is 2.19. The fourth-order valence-corrected chi connectivity index (χ4v) is 3.96. The Kier molecular flexibility index (Phi) is 6.45. The Morgan fingerprint density at radius 3 is 2.57 bits per heavy atom. The number of aromatic nitrogens is 3. The monoisotopic (exact) mass is 401 g/mol. The summed E-state index contributed by atoms with van der Waals surface area (Å²) in [6.45, 7) is 0. The summed E-state index contributed by atoms with van der Waals surface area (Å²) in [5, 5.41) is 8.26. The van der Waals surface area contributed by atoms with Crippen LogP contribution in [-0.4, -0.2) is 31.7 Å². The van der Waals surface area contributed by atoms with Crippen LogP contribution in [0.25, 0.3) is 0 Å². The molecule has 0 saturated heterocycles. The normalized spacial score (nSPS) is 16.6. The van der Waals surface area contributed by atoms with Crippen LogP contribution < -0.4 is 16.7 Å². The van der Waals surface area contributed by atoms with E-state index in [9.17, 15) is 14.4 Å². The Morgan fingerprint density at radius 2 is 1.89 bits per heavy atom. The van der Waals surface area contributed by atoms with Crippen molar-refractivity contribution in [3.8, 4) is 0 Å². The summed E-state index contributed by atoms with van der Waals surface area (Å²) in [6.07, 6.45) is 3.75. The molecule has 0 radical (unpaired) electrons. The highest BCUT2D eigenvalue weighted by Crippen LogP contribution is 2.31. The van der Waals surface area contributed by atoms with Gasteiger partial charge in [0.25, 0.3) is 5.56 Å². The van der Waals surface area contributed by atoms with Gasteiger partial charge in [-0.05, 0) is 37.2 Å². The Bertz CT molecular complexity index is 987.